The molecule has 0 aromatic heterocycles. The smallest absolute Gasteiger partial charge is 0.303 e. The highest BCUT2D eigenvalue weighted by Crippen LogP contribution is 2.14. The molecule has 0 radical (unpaired) electrons. The third kappa shape index (κ3) is 5.01. The van der Waals surface area contributed by atoms with Gasteiger partial charge in [0.05, 0.1) is 5.60 Å². The molecule has 1 unspecified atom stereocenters. The molecule has 1 aliphatic heterocycles. The Labute approximate surface area is 107 Å². The van der Waals surface area contributed by atoms with Gasteiger partial charge in [-0.2, -0.15) is 0 Å². The van der Waals surface area contributed by atoms with Gasteiger partial charge < -0.3 is 20.5 Å². The van der Waals surface area contributed by atoms with Crippen molar-refractivity contribution >= 4 is 11.9 Å². The van der Waals surface area contributed by atoms with Gasteiger partial charge in [0.25, 0.3) is 0 Å². The van der Waals surface area contributed by atoms with Gasteiger partial charge in [0.15, 0.2) is 0 Å². The van der Waals surface area contributed by atoms with Gasteiger partial charge in [-0.15, -0.1) is 0 Å². The van der Waals surface area contributed by atoms with Gasteiger partial charge in [0.1, 0.15) is 6.61 Å². The van der Waals surface area contributed by atoms with Crippen LogP contribution in [0.4, 0.5) is 0 Å². The maximum atomic E-state index is 11.5. The van der Waals surface area contributed by atoms with Crippen LogP contribution in [-0.4, -0.2) is 48.8 Å². The standard InChI is InChI=1S/C12H22N2O4/c1-3-9(4-11(16)17)5-14-10(15)6-18-12(2)7-13-8-12/h9,13H,3-8H2,1-2H3,(H,14,15)(H,16,17). The van der Waals surface area contributed by atoms with Gasteiger partial charge in [-0.25, -0.2) is 0 Å². The highest BCUT2D eigenvalue weighted by molar-refractivity contribution is 5.77. The van der Waals surface area contributed by atoms with E-state index in [4.69, 9.17) is 9.84 Å². The summed E-state index contributed by atoms with van der Waals surface area (Å²) in [4.78, 5) is 22.1. The van der Waals surface area contributed by atoms with Crippen LogP contribution in [0, 0.1) is 5.92 Å². The van der Waals surface area contributed by atoms with Gasteiger partial charge in [-0.05, 0) is 12.8 Å². The zero-order valence-corrected chi connectivity index (χ0v) is 11.0. The Balaban J connectivity index is 2.17. The van der Waals surface area contributed by atoms with E-state index in [0.717, 1.165) is 19.5 Å². The molecular weight excluding hydrogens is 236 g/mol. The second-order valence-corrected chi connectivity index (χ2v) is 5.02. The summed E-state index contributed by atoms with van der Waals surface area (Å²) in [7, 11) is 0. The summed E-state index contributed by atoms with van der Waals surface area (Å²) in [6.45, 7) is 5.81. The Hall–Kier alpha value is -1.14. The summed E-state index contributed by atoms with van der Waals surface area (Å²) in [5, 5.41) is 14.5. The first-order chi connectivity index (χ1) is 8.45. The van der Waals surface area contributed by atoms with E-state index in [1.54, 1.807) is 0 Å². The molecule has 3 N–H and O–H groups in total. The molecule has 1 rings (SSSR count). The van der Waals surface area contributed by atoms with Crippen LogP contribution in [0.3, 0.4) is 0 Å². The van der Waals surface area contributed by atoms with E-state index in [2.05, 4.69) is 10.6 Å². The lowest BCUT2D eigenvalue weighted by Crippen LogP contribution is -2.59. The third-order valence-electron chi connectivity index (χ3n) is 3.18. The van der Waals surface area contributed by atoms with Crippen molar-refractivity contribution < 1.29 is 19.4 Å². The number of nitrogens with one attached hydrogen (secondary N) is 2. The predicted molar refractivity (Wildman–Crippen MR) is 66.3 cm³/mol. The van der Waals surface area contributed by atoms with Crippen LogP contribution in [0.1, 0.15) is 26.7 Å². The number of carbonyl (C=O) groups is 2. The number of carbonyl (C=O) groups excluding carboxylic acids is 1. The first-order valence-corrected chi connectivity index (χ1v) is 6.28. The van der Waals surface area contributed by atoms with Gasteiger partial charge in [0, 0.05) is 26.1 Å². The van der Waals surface area contributed by atoms with Gasteiger partial charge in [0.2, 0.25) is 5.91 Å². The minimum atomic E-state index is -0.833. The second-order valence-electron chi connectivity index (χ2n) is 5.02. The van der Waals surface area contributed by atoms with Crippen molar-refractivity contribution in [2.24, 2.45) is 5.92 Å². The van der Waals surface area contributed by atoms with E-state index in [-0.39, 0.29) is 30.5 Å². The fraction of sp³-hybridized carbons (Fsp3) is 0.833. The molecule has 0 aromatic rings. The van der Waals surface area contributed by atoms with E-state index >= 15 is 0 Å². The first-order valence-electron chi connectivity index (χ1n) is 6.28. The van der Waals surface area contributed by atoms with Gasteiger partial charge in [-0.1, -0.05) is 13.3 Å². The number of amides is 1. The lowest BCUT2D eigenvalue weighted by molar-refractivity contribution is -0.139. The van der Waals surface area contributed by atoms with Crippen molar-refractivity contribution in [1.29, 1.82) is 0 Å². The number of hydrogen-bond donors (Lipinski definition) is 3. The molecule has 1 amide bonds. The monoisotopic (exact) mass is 258 g/mol. The van der Waals surface area contributed by atoms with E-state index < -0.39 is 5.97 Å². The number of ether oxygens (including phenoxy) is 1. The molecule has 6 heteroatoms. The van der Waals surface area contributed by atoms with Crippen molar-refractivity contribution in [3.63, 3.8) is 0 Å². The fourth-order valence-electron chi connectivity index (χ4n) is 1.74. The zero-order chi connectivity index (χ0) is 13.6. The highest BCUT2D eigenvalue weighted by atomic mass is 16.5. The molecule has 1 aliphatic rings. The molecule has 1 atom stereocenters. The van der Waals surface area contributed by atoms with Crippen LogP contribution >= 0.6 is 0 Å². The number of aliphatic carboxylic acids is 1. The molecule has 0 bridgehead atoms. The molecule has 6 nitrogen and oxygen atoms in total. The maximum absolute atomic E-state index is 11.5. The molecule has 0 aromatic carbocycles. The number of rotatable bonds is 8. The van der Waals surface area contributed by atoms with Crippen LogP contribution in [-0.2, 0) is 14.3 Å². The molecule has 0 aliphatic carbocycles. The van der Waals surface area contributed by atoms with Crippen molar-refractivity contribution in [1.82, 2.24) is 10.6 Å². The van der Waals surface area contributed by atoms with Crippen LogP contribution in [0.15, 0.2) is 0 Å². The Kier molecular flexibility index (Phi) is 5.55. The summed E-state index contributed by atoms with van der Waals surface area (Å²) >= 11 is 0. The summed E-state index contributed by atoms with van der Waals surface area (Å²) in [5.74, 6) is -1.04. The quantitative estimate of drug-likeness (QED) is 0.569. The van der Waals surface area contributed by atoms with E-state index in [0.29, 0.717) is 6.54 Å². The van der Waals surface area contributed by atoms with Crippen LogP contribution in [0.5, 0.6) is 0 Å². The number of hydrogen-bond acceptors (Lipinski definition) is 4. The van der Waals surface area contributed by atoms with Crippen LogP contribution in [0.2, 0.25) is 0 Å². The Morgan fingerprint density at radius 1 is 1.50 bits per heavy atom. The predicted octanol–water partition coefficient (Wildman–Crippen LogP) is -0.0180. The van der Waals surface area contributed by atoms with E-state index in [1.165, 1.54) is 0 Å². The summed E-state index contributed by atoms with van der Waals surface area (Å²) in [6, 6.07) is 0. The van der Waals surface area contributed by atoms with E-state index in [9.17, 15) is 9.59 Å². The summed E-state index contributed by atoms with van der Waals surface area (Å²) < 4.78 is 5.48. The normalized spacial score (nSPS) is 18.8. The number of carboxylic acid groups (broad SMARTS) is 1. The largest absolute Gasteiger partial charge is 0.481 e. The van der Waals surface area contributed by atoms with Crippen molar-refractivity contribution in [2.45, 2.75) is 32.3 Å². The number of carboxylic acids is 1. The Morgan fingerprint density at radius 2 is 2.17 bits per heavy atom. The first kappa shape index (κ1) is 14.9. The van der Waals surface area contributed by atoms with Crippen molar-refractivity contribution in [3.05, 3.63) is 0 Å². The molecule has 1 fully saturated rings. The zero-order valence-electron chi connectivity index (χ0n) is 11.0. The van der Waals surface area contributed by atoms with Crippen LogP contribution in [0.25, 0.3) is 0 Å². The summed E-state index contributed by atoms with van der Waals surface area (Å²) in [5.41, 5.74) is -0.234. The molecule has 104 valence electrons. The lowest BCUT2D eigenvalue weighted by Gasteiger charge is -2.38. The van der Waals surface area contributed by atoms with Crippen molar-refractivity contribution in [2.75, 3.05) is 26.2 Å². The second kappa shape index (κ2) is 6.70. The molecule has 1 saturated heterocycles. The van der Waals surface area contributed by atoms with Gasteiger partial charge >= 0.3 is 5.97 Å². The Bertz CT molecular complexity index is 302. The topological polar surface area (TPSA) is 87.7 Å². The SMILES string of the molecule is CCC(CNC(=O)COC1(C)CNC1)CC(=O)O. The molecule has 1 heterocycles. The average molecular weight is 258 g/mol. The summed E-state index contributed by atoms with van der Waals surface area (Å²) in [6.07, 6.45) is 0.814. The highest BCUT2D eigenvalue weighted by Gasteiger charge is 2.32. The maximum Gasteiger partial charge on any atom is 0.303 e. The molecule has 0 spiro atoms. The minimum Gasteiger partial charge on any atom is -0.481 e. The molecule has 0 saturated carbocycles. The molecular formula is C12H22N2O4. The van der Waals surface area contributed by atoms with Crippen molar-refractivity contribution in [3.8, 4) is 0 Å². The molecule has 18 heavy (non-hydrogen) atoms. The minimum absolute atomic E-state index is 0.0209. The lowest BCUT2D eigenvalue weighted by atomic mass is 10.0. The van der Waals surface area contributed by atoms with E-state index in [1.807, 2.05) is 13.8 Å². The third-order valence-corrected chi connectivity index (χ3v) is 3.18. The Morgan fingerprint density at radius 3 is 2.61 bits per heavy atom. The van der Waals surface area contributed by atoms with Gasteiger partial charge in [-0.3, -0.25) is 9.59 Å². The average Bonchev–Trinajstić information content (AvgIpc) is 2.28. The fourth-order valence-corrected chi connectivity index (χ4v) is 1.74. The van der Waals surface area contributed by atoms with Crippen LogP contribution < -0.4 is 10.6 Å².